The van der Waals surface area contributed by atoms with Crippen LogP contribution in [0.2, 0.25) is 0 Å². The van der Waals surface area contributed by atoms with Crippen LogP contribution < -0.4 is 11.1 Å². The van der Waals surface area contributed by atoms with E-state index in [4.69, 9.17) is 10.8 Å². The molecule has 1 amide bonds. The summed E-state index contributed by atoms with van der Waals surface area (Å²) in [6, 6.07) is 0. The van der Waals surface area contributed by atoms with Crippen molar-refractivity contribution in [3.8, 4) is 0 Å². The van der Waals surface area contributed by atoms with Crippen molar-refractivity contribution in [2.75, 3.05) is 18.9 Å². The number of nitrogens with one attached hydrogen (secondary N) is 1. The molecule has 0 aromatic carbocycles. The molecule has 2 rings (SSSR count). The molecule has 1 unspecified atom stereocenters. The number of aliphatic hydroxyl groups excluding tert-OH is 1. The molecule has 21 heavy (non-hydrogen) atoms. The molecule has 2 aromatic heterocycles. The van der Waals surface area contributed by atoms with Crippen molar-refractivity contribution in [3.63, 3.8) is 0 Å². The lowest BCUT2D eigenvalue weighted by atomic mass is 10.0. The zero-order valence-electron chi connectivity index (χ0n) is 12.6. The van der Waals surface area contributed by atoms with Gasteiger partial charge in [0.2, 0.25) is 0 Å². The highest BCUT2D eigenvalue weighted by molar-refractivity contribution is 7.21. The van der Waals surface area contributed by atoms with E-state index in [1.54, 1.807) is 4.68 Å². The summed E-state index contributed by atoms with van der Waals surface area (Å²) in [4.78, 5) is 13.8. The Kier molecular flexibility index (Phi) is 4.84. The number of nitrogens with two attached hydrogens (primary N) is 1. The van der Waals surface area contributed by atoms with Gasteiger partial charge in [-0.05, 0) is 19.3 Å². The summed E-state index contributed by atoms with van der Waals surface area (Å²) in [6.45, 7) is 4.64. The zero-order chi connectivity index (χ0) is 15.6. The highest BCUT2D eigenvalue weighted by Gasteiger charge is 2.21. The molecule has 2 heterocycles. The normalized spacial score (nSPS) is 12.8. The van der Waals surface area contributed by atoms with Gasteiger partial charge in [-0.1, -0.05) is 13.3 Å². The Balaban J connectivity index is 2.16. The molecule has 1 atom stereocenters. The van der Waals surface area contributed by atoms with Gasteiger partial charge in [-0.3, -0.25) is 9.48 Å². The molecule has 0 bridgehead atoms. The van der Waals surface area contributed by atoms with Crippen LogP contribution in [-0.2, 0) is 7.05 Å². The van der Waals surface area contributed by atoms with E-state index in [1.807, 2.05) is 14.0 Å². The lowest BCUT2D eigenvalue weighted by molar-refractivity contribution is 0.0948. The number of carbonyl (C=O) groups is 1. The Hall–Kier alpha value is -1.60. The number of hydrogen-bond acceptors (Lipinski definition) is 5. The third-order valence-corrected chi connectivity index (χ3v) is 5.03. The van der Waals surface area contributed by atoms with Crippen molar-refractivity contribution < 1.29 is 9.90 Å². The maximum atomic E-state index is 12.3. The van der Waals surface area contributed by atoms with Crippen LogP contribution in [0, 0.1) is 12.8 Å². The number of aromatic nitrogens is 2. The van der Waals surface area contributed by atoms with E-state index in [1.165, 1.54) is 11.3 Å². The van der Waals surface area contributed by atoms with Gasteiger partial charge in [0.25, 0.3) is 5.91 Å². The maximum Gasteiger partial charge on any atom is 0.263 e. The summed E-state index contributed by atoms with van der Waals surface area (Å²) in [5.41, 5.74) is 7.46. The number of thiophene rings is 1. The zero-order valence-corrected chi connectivity index (χ0v) is 13.5. The second-order valence-corrected chi connectivity index (χ2v) is 6.23. The van der Waals surface area contributed by atoms with Crippen molar-refractivity contribution in [1.29, 1.82) is 0 Å². The van der Waals surface area contributed by atoms with Crippen molar-refractivity contribution in [1.82, 2.24) is 15.1 Å². The molecular formula is C14H22N4O2S. The number of aliphatic hydroxyl groups is 1. The van der Waals surface area contributed by atoms with Gasteiger partial charge in [0.1, 0.15) is 9.71 Å². The first-order valence-corrected chi connectivity index (χ1v) is 7.91. The SMILES string of the molecule is CCC(CCO)CNC(=O)c1sc2c(c(C)nn2C)c1N. The van der Waals surface area contributed by atoms with Gasteiger partial charge in [0.05, 0.1) is 16.8 Å². The highest BCUT2D eigenvalue weighted by Crippen LogP contribution is 2.35. The molecule has 0 spiro atoms. The summed E-state index contributed by atoms with van der Waals surface area (Å²) in [7, 11) is 1.85. The summed E-state index contributed by atoms with van der Waals surface area (Å²) in [5.74, 6) is 0.141. The quantitative estimate of drug-likeness (QED) is 0.756. The van der Waals surface area contributed by atoms with Crippen molar-refractivity contribution in [2.45, 2.75) is 26.7 Å². The van der Waals surface area contributed by atoms with Gasteiger partial charge in [-0.15, -0.1) is 11.3 Å². The molecule has 116 valence electrons. The number of nitrogens with zero attached hydrogens (tertiary/aromatic N) is 2. The molecule has 0 aliphatic heterocycles. The molecule has 6 nitrogen and oxygen atoms in total. The number of carbonyl (C=O) groups excluding carboxylic acids is 1. The lowest BCUT2D eigenvalue weighted by Crippen LogP contribution is -2.29. The number of nitrogen functional groups attached to an aromatic ring is 1. The Labute approximate surface area is 127 Å². The fourth-order valence-electron chi connectivity index (χ4n) is 2.45. The first-order chi connectivity index (χ1) is 9.99. The Bertz CT molecular complexity index is 647. The highest BCUT2D eigenvalue weighted by atomic mass is 32.1. The second kappa shape index (κ2) is 6.44. The van der Waals surface area contributed by atoms with Crippen molar-refractivity contribution in [3.05, 3.63) is 10.6 Å². The largest absolute Gasteiger partial charge is 0.397 e. The van der Waals surface area contributed by atoms with Crippen molar-refractivity contribution >= 4 is 33.1 Å². The maximum absolute atomic E-state index is 12.3. The minimum absolute atomic E-state index is 0.143. The predicted octanol–water partition coefficient (Wildman–Crippen LogP) is 1.66. The van der Waals surface area contributed by atoms with E-state index in [9.17, 15) is 4.79 Å². The third-order valence-electron chi connectivity index (χ3n) is 3.75. The number of aryl methyl sites for hydroxylation is 2. The third kappa shape index (κ3) is 3.03. The number of amides is 1. The second-order valence-electron chi connectivity index (χ2n) is 5.23. The number of rotatable bonds is 6. The van der Waals surface area contributed by atoms with Crippen LogP contribution in [0.4, 0.5) is 5.69 Å². The molecule has 0 aliphatic rings. The molecule has 0 saturated heterocycles. The van der Waals surface area contributed by atoms with E-state index in [0.29, 0.717) is 23.5 Å². The van der Waals surface area contributed by atoms with Gasteiger partial charge >= 0.3 is 0 Å². The molecule has 2 aromatic rings. The average Bonchev–Trinajstić information content (AvgIpc) is 2.93. The van der Waals surface area contributed by atoms with Crippen LogP contribution in [0.5, 0.6) is 0 Å². The van der Waals surface area contributed by atoms with Gasteiger partial charge in [-0.2, -0.15) is 5.10 Å². The topological polar surface area (TPSA) is 93.2 Å². The fraction of sp³-hybridized carbons (Fsp3) is 0.571. The van der Waals surface area contributed by atoms with E-state index < -0.39 is 0 Å². The molecule has 0 saturated carbocycles. The van der Waals surface area contributed by atoms with Crippen LogP contribution in [0.1, 0.15) is 35.1 Å². The molecule has 7 heteroatoms. The molecule has 0 aliphatic carbocycles. The standard InChI is InChI=1S/C14H22N4O2S/c1-4-9(5-6-19)7-16-13(20)12-11(15)10-8(2)17-18(3)14(10)21-12/h9,19H,4-7,15H2,1-3H3,(H,16,20). The Morgan fingerprint density at radius 3 is 2.86 bits per heavy atom. The van der Waals surface area contributed by atoms with E-state index in [2.05, 4.69) is 17.3 Å². The first-order valence-electron chi connectivity index (χ1n) is 7.10. The smallest absolute Gasteiger partial charge is 0.263 e. The number of anilines is 1. The number of hydrogen-bond donors (Lipinski definition) is 3. The minimum Gasteiger partial charge on any atom is -0.397 e. The monoisotopic (exact) mass is 310 g/mol. The van der Waals surface area contributed by atoms with Gasteiger partial charge in [0, 0.05) is 20.2 Å². The minimum atomic E-state index is -0.149. The summed E-state index contributed by atoms with van der Waals surface area (Å²) in [5, 5.41) is 17.1. The van der Waals surface area contributed by atoms with Crippen LogP contribution in [0.15, 0.2) is 0 Å². The molecule has 0 radical (unpaired) electrons. The van der Waals surface area contributed by atoms with Crippen LogP contribution in [0.3, 0.4) is 0 Å². The summed E-state index contributed by atoms with van der Waals surface area (Å²) < 4.78 is 1.75. The van der Waals surface area contributed by atoms with Crippen LogP contribution >= 0.6 is 11.3 Å². The molecular weight excluding hydrogens is 288 g/mol. The van der Waals surface area contributed by atoms with Gasteiger partial charge in [-0.25, -0.2) is 0 Å². The lowest BCUT2D eigenvalue weighted by Gasteiger charge is -2.13. The van der Waals surface area contributed by atoms with Gasteiger partial charge < -0.3 is 16.2 Å². The summed E-state index contributed by atoms with van der Waals surface area (Å²) >= 11 is 1.37. The first kappa shape index (κ1) is 15.8. The van der Waals surface area contributed by atoms with E-state index in [0.717, 1.165) is 22.3 Å². The predicted molar refractivity (Wildman–Crippen MR) is 85.6 cm³/mol. The Morgan fingerprint density at radius 2 is 2.29 bits per heavy atom. The average molecular weight is 310 g/mol. The summed E-state index contributed by atoms with van der Waals surface area (Å²) in [6.07, 6.45) is 1.62. The fourth-order valence-corrected chi connectivity index (χ4v) is 3.55. The molecule has 4 N–H and O–H groups in total. The van der Waals surface area contributed by atoms with Crippen LogP contribution in [0.25, 0.3) is 10.2 Å². The van der Waals surface area contributed by atoms with Crippen LogP contribution in [-0.4, -0.2) is 33.9 Å². The Morgan fingerprint density at radius 1 is 1.57 bits per heavy atom. The van der Waals surface area contributed by atoms with E-state index in [-0.39, 0.29) is 18.4 Å². The number of fused-ring (bicyclic) bond motifs is 1. The molecule has 0 fully saturated rings. The van der Waals surface area contributed by atoms with E-state index >= 15 is 0 Å². The van der Waals surface area contributed by atoms with Crippen molar-refractivity contribution in [2.24, 2.45) is 13.0 Å². The van der Waals surface area contributed by atoms with Gasteiger partial charge in [0.15, 0.2) is 0 Å².